The number of hydrogen-bond acceptors (Lipinski definition) is 2. The van der Waals surface area contributed by atoms with Crippen LogP contribution < -0.4 is 10.6 Å². The summed E-state index contributed by atoms with van der Waals surface area (Å²) in [5.41, 5.74) is 4.72. The summed E-state index contributed by atoms with van der Waals surface area (Å²) in [6, 6.07) is 44.0. The molecule has 1 fully saturated rings. The van der Waals surface area contributed by atoms with Crippen LogP contribution in [0.2, 0.25) is 0 Å². The van der Waals surface area contributed by atoms with Crippen LogP contribution in [0.3, 0.4) is 0 Å². The average Bonchev–Trinajstić information content (AvgIpc) is 3.33. The average molecular weight is 405 g/mol. The van der Waals surface area contributed by atoms with E-state index in [2.05, 4.69) is 132 Å². The minimum Gasteiger partial charge on any atom is -0.308 e. The van der Waals surface area contributed by atoms with Gasteiger partial charge in [0.2, 0.25) is 0 Å². The number of hydrogen-bond donors (Lipinski definition) is 2. The van der Waals surface area contributed by atoms with Crippen LogP contribution in [0, 0.1) is 0 Å². The summed E-state index contributed by atoms with van der Waals surface area (Å²) in [4.78, 5) is 0. The van der Waals surface area contributed by atoms with E-state index in [0.29, 0.717) is 12.1 Å². The second-order valence-corrected chi connectivity index (χ2v) is 8.30. The molecule has 2 heteroatoms. The number of benzene rings is 4. The lowest BCUT2D eigenvalue weighted by atomic mass is 9.76. The quantitative estimate of drug-likeness (QED) is 0.405. The third kappa shape index (κ3) is 3.93. The molecule has 5 rings (SSSR count). The summed E-state index contributed by atoms with van der Waals surface area (Å²) in [5, 5.41) is 7.85. The van der Waals surface area contributed by atoms with E-state index in [4.69, 9.17) is 0 Å². The molecule has 0 spiro atoms. The summed E-state index contributed by atoms with van der Waals surface area (Å²) in [7, 11) is 0. The molecular weight excluding hydrogens is 376 g/mol. The van der Waals surface area contributed by atoms with Crippen LogP contribution in [0.25, 0.3) is 0 Å². The minimum atomic E-state index is -0.415. The van der Waals surface area contributed by atoms with Gasteiger partial charge in [-0.2, -0.15) is 0 Å². The van der Waals surface area contributed by atoms with Crippen LogP contribution in [0.15, 0.2) is 121 Å². The Morgan fingerprint density at radius 2 is 1.00 bits per heavy atom. The van der Waals surface area contributed by atoms with Crippen LogP contribution in [-0.2, 0) is 5.54 Å². The van der Waals surface area contributed by atoms with E-state index in [0.717, 1.165) is 13.0 Å². The fourth-order valence-electron chi connectivity index (χ4n) is 4.91. The van der Waals surface area contributed by atoms with E-state index in [1.165, 1.54) is 22.3 Å². The smallest absolute Gasteiger partial charge is 0.0950 e. The first-order valence-electron chi connectivity index (χ1n) is 11.1. The molecule has 1 heterocycles. The van der Waals surface area contributed by atoms with Crippen molar-refractivity contribution in [3.8, 4) is 0 Å². The normalized spacial score (nSPS) is 18.7. The Morgan fingerprint density at radius 3 is 1.45 bits per heavy atom. The van der Waals surface area contributed by atoms with Gasteiger partial charge in [0.25, 0.3) is 0 Å². The Morgan fingerprint density at radius 1 is 0.581 bits per heavy atom. The standard InChI is InChI=1S/C29H28N2/c1-5-13-23(14-6-1)28-21-27(22-30-28)31-29(24-15-7-2-8-16-24,25-17-9-3-10-18-25)26-19-11-4-12-20-26/h1-20,27-28,30-31H,21-22H2/t27-,28-/m1/s1. The van der Waals surface area contributed by atoms with Crippen LogP contribution >= 0.6 is 0 Å². The monoisotopic (exact) mass is 404 g/mol. The maximum Gasteiger partial charge on any atom is 0.0950 e. The molecule has 0 aliphatic carbocycles. The zero-order chi connectivity index (χ0) is 20.9. The molecular formula is C29H28N2. The molecule has 0 aromatic heterocycles. The topological polar surface area (TPSA) is 24.1 Å². The Kier molecular flexibility index (Phi) is 5.66. The van der Waals surface area contributed by atoms with Gasteiger partial charge in [-0.05, 0) is 28.7 Å². The molecule has 1 saturated heterocycles. The summed E-state index contributed by atoms with van der Waals surface area (Å²) in [5.74, 6) is 0. The Bertz CT molecular complexity index is 982. The van der Waals surface area contributed by atoms with E-state index in [1.54, 1.807) is 0 Å². The molecule has 2 N–H and O–H groups in total. The van der Waals surface area contributed by atoms with Gasteiger partial charge in [-0.15, -0.1) is 0 Å². The van der Waals surface area contributed by atoms with Crippen molar-refractivity contribution in [1.29, 1.82) is 0 Å². The van der Waals surface area contributed by atoms with Gasteiger partial charge in [-0.3, -0.25) is 5.32 Å². The lowest BCUT2D eigenvalue weighted by Crippen LogP contribution is -2.50. The fraction of sp³-hybridized carbons (Fsp3) is 0.172. The first-order chi connectivity index (χ1) is 15.4. The van der Waals surface area contributed by atoms with E-state index in [9.17, 15) is 0 Å². The zero-order valence-corrected chi connectivity index (χ0v) is 17.6. The minimum absolute atomic E-state index is 0.339. The molecule has 0 unspecified atom stereocenters. The van der Waals surface area contributed by atoms with Crippen molar-refractivity contribution < 1.29 is 0 Å². The molecule has 1 aliphatic rings. The second kappa shape index (κ2) is 8.89. The molecule has 1 aliphatic heterocycles. The second-order valence-electron chi connectivity index (χ2n) is 8.30. The first kappa shape index (κ1) is 19.7. The number of nitrogens with one attached hydrogen (secondary N) is 2. The third-order valence-electron chi connectivity index (χ3n) is 6.37. The van der Waals surface area contributed by atoms with Gasteiger partial charge in [0.1, 0.15) is 0 Å². The molecule has 0 radical (unpaired) electrons. The molecule has 0 saturated carbocycles. The van der Waals surface area contributed by atoms with Crippen molar-refractivity contribution >= 4 is 0 Å². The molecule has 2 atom stereocenters. The summed E-state index contributed by atoms with van der Waals surface area (Å²) in [6.07, 6.45) is 1.05. The van der Waals surface area contributed by atoms with Gasteiger partial charge in [0, 0.05) is 18.6 Å². The van der Waals surface area contributed by atoms with Gasteiger partial charge < -0.3 is 5.32 Å². The molecule has 154 valence electrons. The van der Waals surface area contributed by atoms with Crippen LogP contribution in [0.4, 0.5) is 0 Å². The van der Waals surface area contributed by atoms with Crippen molar-refractivity contribution in [1.82, 2.24) is 10.6 Å². The van der Waals surface area contributed by atoms with E-state index in [-0.39, 0.29) is 0 Å². The SMILES string of the molecule is c1ccc([C@H]2C[C@@H](NC(c3ccccc3)(c3ccccc3)c3ccccc3)CN2)cc1. The molecule has 0 amide bonds. The zero-order valence-electron chi connectivity index (χ0n) is 17.6. The third-order valence-corrected chi connectivity index (χ3v) is 6.37. The molecule has 0 bridgehead atoms. The predicted molar refractivity (Wildman–Crippen MR) is 128 cm³/mol. The maximum atomic E-state index is 4.12. The first-order valence-corrected chi connectivity index (χ1v) is 11.1. The van der Waals surface area contributed by atoms with Gasteiger partial charge in [-0.25, -0.2) is 0 Å². The van der Waals surface area contributed by atoms with Crippen molar-refractivity contribution in [2.75, 3.05) is 6.54 Å². The highest BCUT2D eigenvalue weighted by Crippen LogP contribution is 2.38. The van der Waals surface area contributed by atoms with Gasteiger partial charge in [0.05, 0.1) is 5.54 Å². The highest BCUT2D eigenvalue weighted by Gasteiger charge is 2.39. The summed E-state index contributed by atoms with van der Waals surface area (Å²) in [6.45, 7) is 0.938. The molecule has 4 aromatic carbocycles. The van der Waals surface area contributed by atoms with E-state index < -0.39 is 5.54 Å². The molecule has 31 heavy (non-hydrogen) atoms. The predicted octanol–water partition coefficient (Wildman–Crippen LogP) is 5.67. The number of rotatable bonds is 6. The van der Waals surface area contributed by atoms with Crippen LogP contribution in [0.1, 0.15) is 34.7 Å². The van der Waals surface area contributed by atoms with Crippen molar-refractivity contribution in [2.45, 2.75) is 24.0 Å². The van der Waals surface area contributed by atoms with Gasteiger partial charge in [-0.1, -0.05) is 121 Å². The van der Waals surface area contributed by atoms with Crippen molar-refractivity contribution in [3.63, 3.8) is 0 Å². The Labute approximate surface area is 185 Å². The van der Waals surface area contributed by atoms with Crippen molar-refractivity contribution in [3.05, 3.63) is 144 Å². The molecule has 4 aromatic rings. The van der Waals surface area contributed by atoms with Crippen LogP contribution in [0.5, 0.6) is 0 Å². The van der Waals surface area contributed by atoms with E-state index in [1.807, 2.05) is 0 Å². The van der Waals surface area contributed by atoms with E-state index >= 15 is 0 Å². The lowest BCUT2D eigenvalue weighted by molar-refractivity contribution is 0.402. The largest absolute Gasteiger partial charge is 0.308 e. The summed E-state index contributed by atoms with van der Waals surface area (Å²) >= 11 is 0. The Hall–Kier alpha value is -3.20. The highest BCUT2D eigenvalue weighted by molar-refractivity contribution is 5.49. The highest BCUT2D eigenvalue weighted by atomic mass is 15.1. The van der Waals surface area contributed by atoms with Gasteiger partial charge >= 0.3 is 0 Å². The van der Waals surface area contributed by atoms with Crippen molar-refractivity contribution in [2.24, 2.45) is 0 Å². The molecule has 2 nitrogen and oxygen atoms in total. The summed E-state index contributed by atoms with van der Waals surface area (Å²) < 4.78 is 0. The fourth-order valence-corrected chi connectivity index (χ4v) is 4.91. The van der Waals surface area contributed by atoms with Crippen LogP contribution in [-0.4, -0.2) is 12.6 Å². The maximum absolute atomic E-state index is 4.12. The van der Waals surface area contributed by atoms with Gasteiger partial charge in [0.15, 0.2) is 0 Å². The Balaban J connectivity index is 1.58. The lowest BCUT2D eigenvalue weighted by Gasteiger charge is -2.39.